The van der Waals surface area contributed by atoms with Gasteiger partial charge in [0.25, 0.3) is 0 Å². The van der Waals surface area contributed by atoms with Crippen molar-refractivity contribution in [2.75, 3.05) is 26.2 Å². The number of hydrogen-bond acceptors (Lipinski definition) is 2. The Morgan fingerprint density at radius 2 is 1.00 bits per heavy atom. The maximum Gasteiger partial charge on any atom is 0.316 e. The lowest BCUT2D eigenvalue weighted by Gasteiger charge is -2.42. The van der Waals surface area contributed by atoms with Gasteiger partial charge in [0.1, 0.15) is 0 Å². The molecule has 0 unspecified atom stereocenters. The van der Waals surface area contributed by atoms with Crippen LogP contribution in [0.3, 0.4) is 0 Å². The van der Waals surface area contributed by atoms with Crippen LogP contribution in [0.1, 0.15) is 48.5 Å². The van der Waals surface area contributed by atoms with Gasteiger partial charge in [0.15, 0.2) is 0 Å². The highest BCUT2D eigenvalue weighted by atomic mass is 15.2. The van der Waals surface area contributed by atoms with Crippen LogP contribution in [0.2, 0.25) is 5.31 Å². The molecule has 0 aliphatic carbocycles. The smallest absolute Gasteiger partial charge is 0.316 e. The third-order valence-electron chi connectivity index (χ3n) is 3.09. The molecule has 0 rings (SSSR count). The second kappa shape index (κ2) is 6.54. The summed E-state index contributed by atoms with van der Waals surface area (Å²) in [5, 5.41) is 0.318. The van der Waals surface area contributed by atoms with Gasteiger partial charge in [-0.2, -0.15) is 0 Å². The van der Waals surface area contributed by atoms with Crippen molar-refractivity contribution in [3.8, 4) is 0 Å². The van der Waals surface area contributed by atoms with E-state index in [2.05, 4.69) is 58.1 Å². The zero-order valence-corrected chi connectivity index (χ0v) is 11.8. The molecule has 90 valence electrons. The van der Waals surface area contributed by atoms with Crippen LogP contribution in [0.25, 0.3) is 0 Å². The van der Waals surface area contributed by atoms with Crippen LogP contribution in [0.5, 0.6) is 0 Å². The molecular formula is C12H29BN2. The number of nitrogens with zero attached hydrogens (tertiary/aromatic N) is 2. The van der Waals surface area contributed by atoms with E-state index in [0.29, 0.717) is 12.3 Å². The highest BCUT2D eigenvalue weighted by Crippen LogP contribution is 2.30. The molecule has 0 heterocycles. The molecule has 2 nitrogen and oxygen atoms in total. The van der Waals surface area contributed by atoms with Gasteiger partial charge in [-0.1, -0.05) is 48.5 Å². The van der Waals surface area contributed by atoms with E-state index in [4.69, 9.17) is 0 Å². The lowest BCUT2D eigenvalue weighted by molar-refractivity contribution is 0.350. The third-order valence-corrected chi connectivity index (χ3v) is 3.09. The van der Waals surface area contributed by atoms with Crippen molar-refractivity contribution in [2.45, 2.75) is 53.8 Å². The maximum absolute atomic E-state index is 2.56. The van der Waals surface area contributed by atoms with Crippen LogP contribution in [-0.2, 0) is 0 Å². The van der Waals surface area contributed by atoms with E-state index in [1.807, 2.05) is 0 Å². The first kappa shape index (κ1) is 15.0. The Morgan fingerprint density at radius 1 is 0.733 bits per heavy atom. The molecule has 0 bridgehead atoms. The van der Waals surface area contributed by atoms with Crippen molar-refractivity contribution in [3.63, 3.8) is 0 Å². The third kappa shape index (κ3) is 4.16. The van der Waals surface area contributed by atoms with Crippen LogP contribution in [-0.4, -0.2) is 42.8 Å². The first-order chi connectivity index (χ1) is 6.92. The van der Waals surface area contributed by atoms with Crippen molar-refractivity contribution >= 4 is 6.98 Å². The molecule has 0 aromatic heterocycles. The topological polar surface area (TPSA) is 6.48 Å². The van der Waals surface area contributed by atoms with E-state index in [-0.39, 0.29) is 0 Å². The van der Waals surface area contributed by atoms with Crippen molar-refractivity contribution in [1.29, 1.82) is 0 Å². The molecule has 3 heteroatoms. The SMILES string of the molecule is CCN(CC)B(N(CC)CC)C(C)(C)C. The predicted molar refractivity (Wildman–Crippen MR) is 71.3 cm³/mol. The molecule has 0 N–H and O–H groups in total. The molecule has 0 aliphatic heterocycles. The van der Waals surface area contributed by atoms with Crippen molar-refractivity contribution in [1.82, 2.24) is 9.62 Å². The van der Waals surface area contributed by atoms with E-state index < -0.39 is 0 Å². The van der Waals surface area contributed by atoms with Crippen LogP contribution in [0.4, 0.5) is 0 Å². The van der Waals surface area contributed by atoms with Crippen molar-refractivity contribution in [3.05, 3.63) is 0 Å². The highest BCUT2D eigenvalue weighted by molar-refractivity contribution is 6.56. The van der Waals surface area contributed by atoms with Gasteiger partial charge in [-0.05, 0) is 31.5 Å². The fourth-order valence-electron chi connectivity index (χ4n) is 2.47. The molecule has 0 radical (unpaired) electrons. The van der Waals surface area contributed by atoms with Crippen LogP contribution in [0, 0.1) is 0 Å². The van der Waals surface area contributed by atoms with Crippen LogP contribution >= 0.6 is 0 Å². The maximum atomic E-state index is 2.56. The van der Waals surface area contributed by atoms with Gasteiger partial charge >= 0.3 is 6.98 Å². The van der Waals surface area contributed by atoms with Gasteiger partial charge in [-0.15, -0.1) is 0 Å². The first-order valence-corrected chi connectivity index (χ1v) is 6.40. The van der Waals surface area contributed by atoms with E-state index in [1.54, 1.807) is 0 Å². The first-order valence-electron chi connectivity index (χ1n) is 6.40. The lowest BCUT2D eigenvalue weighted by Crippen LogP contribution is -2.57. The minimum Gasteiger partial charge on any atom is -0.328 e. The van der Waals surface area contributed by atoms with Crippen LogP contribution in [0.15, 0.2) is 0 Å². The Morgan fingerprint density at radius 3 is 1.13 bits per heavy atom. The molecule has 0 fully saturated rings. The van der Waals surface area contributed by atoms with E-state index in [0.717, 1.165) is 26.2 Å². The molecule has 15 heavy (non-hydrogen) atoms. The number of rotatable bonds is 6. The minimum absolute atomic E-state index is 0.318. The fourth-order valence-corrected chi connectivity index (χ4v) is 2.47. The quantitative estimate of drug-likeness (QED) is 0.624. The Labute approximate surface area is 97.1 Å². The molecule has 0 aliphatic rings. The molecule has 0 aromatic carbocycles. The second-order valence-corrected chi connectivity index (χ2v) is 5.18. The summed E-state index contributed by atoms with van der Waals surface area (Å²) >= 11 is 0. The summed E-state index contributed by atoms with van der Waals surface area (Å²) in [5.41, 5.74) is 0. The summed E-state index contributed by atoms with van der Waals surface area (Å²) < 4.78 is 0. The summed E-state index contributed by atoms with van der Waals surface area (Å²) in [5.74, 6) is 0. The van der Waals surface area contributed by atoms with Gasteiger partial charge in [0, 0.05) is 0 Å². The summed E-state index contributed by atoms with van der Waals surface area (Å²) in [6, 6.07) is 0. The fraction of sp³-hybridized carbons (Fsp3) is 1.00. The minimum atomic E-state index is 0.318. The molecule has 0 atom stereocenters. The van der Waals surface area contributed by atoms with Gasteiger partial charge in [0.05, 0.1) is 0 Å². The average Bonchev–Trinajstić information content (AvgIpc) is 2.17. The van der Waals surface area contributed by atoms with Crippen molar-refractivity contribution < 1.29 is 0 Å². The Kier molecular flexibility index (Phi) is 6.54. The molecule has 0 spiro atoms. The van der Waals surface area contributed by atoms with E-state index in [9.17, 15) is 0 Å². The summed E-state index contributed by atoms with van der Waals surface area (Å²) in [6.45, 7) is 21.1. The zero-order valence-electron chi connectivity index (χ0n) is 11.8. The average molecular weight is 212 g/mol. The second-order valence-electron chi connectivity index (χ2n) is 5.18. The van der Waals surface area contributed by atoms with Crippen LogP contribution < -0.4 is 0 Å². The molecule has 0 saturated carbocycles. The zero-order chi connectivity index (χ0) is 12.1. The molecule has 0 amide bonds. The summed E-state index contributed by atoms with van der Waals surface area (Å²) in [7, 11) is 0. The van der Waals surface area contributed by atoms with Gasteiger partial charge in [-0.25, -0.2) is 0 Å². The molecule has 0 saturated heterocycles. The highest BCUT2D eigenvalue weighted by Gasteiger charge is 2.37. The Bertz CT molecular complexity index is 145. The standard InChI is InChI=1S/C12H29BN2/c1-8-14(9-2)13(12(5,6)7)15(10-3)11-4/h8-11H2,1-7H3. The lowest BCUT2D eigenvalue weighted by atomic mass is 9.50. The monoisotopic (exact) mass is 212 g/mol. The largest absolute Gasteiger partial charge is 0.328 e. The predicted octanol–water partition coefficient (Wildman–Crippen LogP) is 2.96. The van der Waals surface area contributed by atoms with Gasteiger partial charge < -0.3 is 9.62 Å². The van der Waals surface area contributed by atoms with Gasteiger partial charge in [-0.3, -0.25) is 0 Å². The van der Waals surface area contributed by atoms with Crippen molar-refractivity contribution in [2.24, 2.45) is 0 Å². The van der Waals surface area contributed by atoms with E-state index in [1.165, 1.54) is 0 Å². The normalized spacial score (nSPS) is 12.6. The Hall–Kier alpha value is -0.0151. The Balaban J connectivity index is 4.85. The summed E-state index contributed by atoms with van der Waals surface area (Å²) in [4.78, 5) is 5.12. The molecule has 0 aromatic rings. The number of hydrogen-bond donors (Lipinski definition) is 0. The summed E-state index contributed by atoms with van der Waals surface area (Å²) in [6.07, 6.45) is 0. The molecular weight excluding hydrogens is 183 g/mol. The van der Waals surface area contributed by atoms with Gasteiger partial charge in [0.2, 0.25) is 0 Å². The van der Waals surface area contributed by atoms with E-state index >= 15 is 0 Å².